The molecule has 0 unspecified atom stereocenters. The fraction of sp³-hybridized carbons (Fsp3) is 0.130. The van der Waals surface area contributed by atoms with E-state index in [1.807, 2.05) is 42.5 Å². The number of rotatable bonds is 3. The summed E-state index contributed by atoms with van der Waals surface area (Å²) in [4.78, 5) is 17.9. The Morgan fingerprint density at radius 3 is 2.37 bits per heavy atom. The maximum atomic E-state index is 12.7. The monoisotopic (exact) mass is 372 g/mol. The number of benzene rings is 3. The molecule has 4 rings (SSSR count). The number of amides is 1. The van der Waals surface area contributed by atoms with Crippen LogP contribution in [-0.2, 0) is 6.54 Å². The summed E-state index contributed by atoms with van der Waals surface area (Å²) >= 11 is 1.56. The first-order valence-corrected chi connectivity index (χ1v) is 9.82. The molecule has 0 N–H and O–H groups in total. The van der Waals surface area contributed by atoms with E-state index >= 15 is 0 Å². The molecule has 0 saturated carbocycles. The van der Waals surface area contributed by atoms with Crippen LogP contribution < -0.4 is 4.80 Å². The van der Waals surface area contributed by atoms with Crippen LogP contribution in [0.1, 0.15) is 22.8 Å². The molecule has 4 aromatic rings. The van der Waals surface area contributed by atoms with Crippen molar-refractivity contribution in [2.75, 3.05) is 0 Å². The van der Waals surface area contributed by atoms with E-state index in [0.29, 0.717) is 5.56 Å². The van der Waals surface area contributed by atoms with Crippen molar-refractivity contribution in [3.05, 3.63) is 88.7 Å². The third-order valence-electron chi connectivity index (χ3n) is 4.59. The lowest BCUT2D eigenvalue weighted by molar-refractivity contribution is 0.0998. The first-order valence-electron chi connectivity index (χ1n) is 9.00. The van der Waals surface area contributed by atoms with Gasteiger partial charge in [0.05, 0.1) is 10.2 Å². The number of fused-ring (bicyclic) bond motifs is 1. The molecule has 0 radical (unpaired) electrons. The molecule has 0 aliphatic carbocycles. The Kier molecular flexibility index (Phi) is 4.73. The van der Waals surface area contributed by atoms with E-state index in [0.717, 1.165) is 32.7 Å². The second kappa shape index (κ2) is 7.33. The molecule has 0 saturated heterocycles. The van der Waals surface area contributed by atoms with Gasteiger partial charge in [-0.1, -0.05) is 59.9 Å². The zero-order valence-electron chi connectivity index (χ0n) is 15.3. The number of aryl methyl sites for hydroxylation is 2. The molecule has 4 heteroatoms. The summed E-state index contributed by atoms with van der Waals surface area (Å²) in [7, 11) is 0. The summed E-state index contributed by atoms with van der Waals surface area (Å²) in [6.45, 7) is 4.93. The summed E-state index contributed by atoms with van der Waals surface area (Å²) in [5.74, 6) is -0.208. The summed E-state index contributed by atoms with van der Waals surface area (Å²) in [5, 5.41) is 0. The molecule has 0 atom stereocenters. The van der Waals surface area contributed by atoms with Crippen LogP contribution in [0, 0.1) is 6.92 Å². The SMILES string of the molecule is CCn1c(=NC(=O)c2ccc(-c3ccccc3)cc2)sc2cc(C)ccc21. The van der Waals surface area contributed by atoms with Gasteiger partial charge in [0.15, 0.2) is 4.80 Å². The zero-order valence-corrected chi connectivity index (χ0v) is 16.2. The Balaban J connectivity index is 1.70. The van der Waals surface area contributed by atoms with Gasteiger partial charge < -0.3 is 4.57 Å². The van der Waals surface area contributed by atoms with Gasteiger partial charge in [0.2, 0.25) is 0 Å². The smallest absolute Gasteiger partial charge is 0.279 e. The van der Waals surface area contributed by atoms with Gasteiger partial charge in [-0.2, -0.15) is 4.99 Å². The lowest BCUT2D eigenvalue weighted by Crippen LogP contribution is -2.15. The van der Waals surface area contributed by atoms with Crippen molar-refractivity contribution < 1.29 is 4.79 Å². The van der Waals surface area contributed by atoms with Gasteiger partial charge in [0.25, 0.3) is 5.91 Å². The van der Waals surface area contributed by atoms with Crippen molar-refractivity contribution in [2.45, 2.75) is 20.4 Å². The second-order valence-corrected chi connectivity index (χ2v) is 7.47. The summed E-state index contributed by atoms with van der Waals surface area (Å²) in [5.41, 5.74) is 5.16. The molecule has 27 heavy (non-hydrogen) atoms. The minimum absolute atomic E-state index is 0.208. The van der Waals surface area contributed by atoms with E-state index in [2.05, 4.69) is 53.7 Å². The van der Waals surface area contributed by atoms with E-state index < -0.39 is 0 Å². The van der Waals surface area contributed by atoms with Gasteiger partial charge in [-0.25, -0.2) is 0 Å². The molecular weight excluding hydrogens is 352 g/mol. The summed E-state index contributed by atoms with van der Waals surface area (Å²) in [6.07, 6.45) is 0. The van der Waals surface area contributed by atoms with E-state index in [1.165, 1.54) is 5.56 Å². The van der Waals surface area contributed by atoms with Crippen LogP contribution >= 0.6 is 11.3 Å². The molecular formula is C23H20N2OS. The minimum Gasteiger partial charge on any atom is -0.317 e. The standard InChI is InChI=1S/C23H20N2OS/c1-3-25-20-14-9-16(2)15-21(20)27-23(25)24-22(26)19-12-10-18(11-13-19)17-7-5-4-6-8-17/h4-15H,3H2,1-2H3. The van der Waals surface area contributed by atoms with Gasteiger partial charge in [-0.05, 0) is 54.8 Å². The van der Waals surface area contributed by atoms with Crippen LogP contribution in [0.25, 0.3) is 21.3 Å². The number of nitrogens with zero attached hydrogens (tertiary/aromatic N) is 2. The van der Waals surface area contributed by atoms with Crippen molar-refractivity contribution in [2.24, 2.45) is 4.99 Å². The summed E-state index contributed by atoms with van der Waals surface area (Å²) < 4.78 is 3.25. The van der Waals surface area contributed by atoms with Crippen molar-refractivity contribution in [1.29, 1.82) is 0 Å². The zero-order chi connectivity index (χ0) is 18.8. The Bertz CT molecular complexity index is 1170. The largest absolute Gasteiger partial charge is 0.317 e. The number of aromatic nitrogens is 1. The number of carbonyl (C=O) groups is 1. The third kappa shape index (κ3) is 3.49. The van der Waals surface area contributed by atoms with Crippen molar-refractivity contribution in [1.82, 2.24) is 4.57 Å². The van der Waals surface area contributed by atoms with Gasteiger partial charge in [-0.15, -0.1) is 0 Å². The van der Waals surface area contributed by atoms with Gasteiger partial charge in [-0.3, -0.25) is 4.79 Å². The molecule has 1 heterocycles. The molecule has 0 spiro atoms. The van der Waals surface area contributed by atoms with Crippen LogP contribution in [0.2, 0.25) is 0 Å². The molecule has 134 valence electrons. The Hall–Kier alpha value is -2.98. The van der Waals surface area contributed by atoms with Gasteiger partial charge in [0, 0.05) is 12.1 Å². The van der Waals surface area contributed by atoms with Crippen molar-refractivity contribution in [3.63, 3.8) is 0 Å². The highest BCUT2D eigenvalue weighted by Crippen LogP contribution is 2.21. The molecule has 3 aromatic carbocycles. The quantitative estimate of drug-likeness (QED) is 0.471. The van der Waals surface area contributed by atoms with Crippen LogP contribution in [0.15, 0.2) is 77.8 Å². The van der Waals surface area contributed by atoms with Crippen LogP contribution in [-0.4, -0.2) is 10.5 Å². The molecule has 0 aliphatic rings. The highest BCUT2D eigenvalue weighted by molar-refractivity contribution is 7.16. The average Bonchev–Trinajstić information content (AvgIpc) is 3.04. The normalized spacial score (nSPS) is 11.9. The number of hydrogen-bond donors (Lipinski definition) is 0. The first kappa shape index (κ1) is 17.4. The maximum absolute atomic E-state index is 12.7. The molecule has 0 bridgehead atoms. The number of hydrogen-bond acceptors (Lipinski definition) is 2. The average molecular weight is 372 g/mol. The molecule has 0 aliphatic heterocycles. The molecule has 3 nitrogen and oxygen atoms in total. The molecule has 1 amide bonds. The Morgan fingerprint density at radius 2 is 1.67 bits per heavy atom. The fourth-order valence-electron chi connectivity index (χ4n) is 3.16. The summed E-state index contributed by atoms with van der Waals surface area (Å²) in [6, 6.07) is 24.1. The van der Waals surface area contributed by atoms with Gasteiger partial charge >= 0.3 is 0 Å². The van der Waals surface area contributed by atoms with Crippen LogP contribution in [0.3, 0.4) is 0 Å². The van der Waals surface area contributed by atoms with Crippen LogP contribution in [0.5, 0.6) is 0 Å². The van der Waals surface area contributed by atoms with Crippen molar-refractivity contribution >= 4 is 27.5 Å². The van der Waals surface area contributed by atoms with E-state index in [4.69, 9.17) is 0 Å². The maximum Gasteiger partial charge on any atom is 0.279 e. The number of carbonyl (C=O) groups excluding carboxylic acids is 1. The highest BCUT2D eigenvalue weighted by atomic mass is 32.1. The lowest BCUT2D eigenvalue weighted by Gasteiger charge is -2.03. The van der Waals surface area contributed by atoms with E-state index in [9.17, 15) is 4.79 Å². The fourth-order valence-corrected chi connectivity index (χ4v) is 4.35. The highest BCUT2D eigenvalue weighted by Gasteiger charge is 2.09. The Morgan fingerprint density at radius 1 is 0.963 bits per heavy atom. The van der Waals surface area contributed by atoms with Gasteiger partial charge in [0.1, 0.15) is 0 Å². The van der Waals surface area contributed by atoms with E-state index in [1.54, 1.807) is 11.3 Å². The first-order chi connectivity index (χ1) is 13.2. The topological polar surface area (TPSA) is 34.4 Å². The van der Waals surface area contributed by atoms with E-state index in [-0.39, 0.29) is 5.91 Å². The second-order valence-electron chi connectivity index (χ2n) is 6.46. The van der Waals surface area contributed by atoms with Crippen molar-refractivity contribution in [3.8, 4) is 11.1 Å². The third-order valence-corrected chi connectivity index (χ3v) is 5.63. The minimum atomic E-state index is -0.208. The molecule has 0 fully saturated rings. The predicted molar refractivity (Wildman–Crippen MR) is 112 cm³/mol. The lowest BCUT2D eigenvalue weighted by atomic mass is 10.0. The predicted octanol–water partition coefficient (Wildman–Crippen LogP) is 5.44. The Labute approximate surface area is 162 Å². The number of thiazole rings is 1. The van der Waals surface area contributed by atoms with Crippen LogP contribution in [0.4, 0.5) is 0 Å². The molecule has 1 aromatic heterocycles.